The lowest BCUT2D eigenvalue weighted by molar-refractivity contribution is 0.606. The monoisotopic (exact) mass is 187 g/mol. The van der Waals surface area contributed by atoms with Gasteiger partial charge in [-0.25, -0.2) is 0 Å². The molecular weight excluding hydrogens is 174 g/mol. The van der Waals surface area contributed by atoms with E-state index < -0.39 is 0 Å². The number of halogens is 1. The van der Waals surface area contributed by atoms with E-state index in [-0.39, 0.29) is 0 Å². The number of nitrogens with one attached hydrogen (secondary N) is 1. The summed E-state index contributed by atoms with van der Waals surface area (Å²) >= 11 is 5.96. The predicted octanol–water partition coefficient (Wildman–Crippen LogP) is 1.40. The Bertz CT molecular complexity index is 237. The maximum atomic E-state index is 5.96. The first-order chi connectivity index (χ1) is 5.66. The minimum atomic E-state index is 0.398. The molecule has 12 heavy (non-hydrogen) atoms. The number of aromatic nitrogens is 2. The Morgan fingerprint density at radius 2 is 2.42 bits per heavy atom. The van der Waals surface area contributed by atoms with Gasteiger partial charge in [0.1, 0.15) is 0 Å². The van der Waals surface area contributed by atoms with Crippen molar-refractivity contribution in [2.45, 2.75) is 12.8 Å². The molecule has 0 fully saturated rings. The number of hydrogen-bond donors (Lipinski definition) is 1. The summed E-state index contributed by atoms with van der Waals surface area (Å²) in [5.74, 6) is 0.398. The zero-order chi connectivity index (χ0) is 9.14. The van der Waals surface area contributed by atoms with Crippen LogP contribution in [0.4, 0.5) is 0 Å². The largest absolute Gasteiger partial charge is 0.319 e. The highest BCUT2D eigenvalue weighted by molar-refractivity contribution is 6.31. The fourth-order valence-corrected chi connectivity index (χ4v) is 1.73. The molecular formula is C8H14ClN3. The molecule has 1 rings (SSSR count). The highest BCUT2D eigenvalue weighted by atomic mass is 35.5. The number of aryl methyl sites for hydroxylation is 1. The second-order valence-corrected chi connectivity index (χ2v) is 3.37. The lowest BCUT2D eigenvalue weighted by Gasteiger charge is -2.11. The average Bonchev–Trinajstić information content (AvgIpc) is 2.32. The van der Waals surface area contributed by atoms with Gasteiger partial charge in [-0.3, -0.25) is 4.68 Å². The van der Waals surface area contributed by atoms with Crippen LogP contribution in [0.3, 0.4) is 0 Å². The zero-order valence-corrected chi connectivity index (χ0v) is 8.39. The molecule has 1 aromatic heterocycles. The van der Waals surface area contributed by atoms with Crippen molar-refractivity contribution in [3.63, 3.8) is 0 Å². The van der Waals surface area contributed by atoms with Gasteiger partial charge < -0.3 is 5.32 Å². The quantitative estimate of drug-likeness (QED) is 0.776. The van der Waals surface area contributed by atoms with Crippen LogP contribution >= 0.6 is 11.6 Å². The molecule has 0 radical (unpaired) electrons. The lowest BCUT2D eigenvalue weighted by atomic mass is 10.1. The van der Waals surface area contributed by atoms with E-state index in [9.17, 15) is 0 Å². The summed E-state index contributed by atoms with van der Waals surface area (Å²) in [6.45, 7) is 3.04. The van der Waals surface area contributed by atoms with E-state index in [1.807, 2.05) is 18.8 Å². The van der Waals surface area contributed by atoms with Crippen molar-refractivity contribution in [1.82, 2.24) is 15.1 Å². The molecule has 0 aliphatic heterocycles. The van der Waals surface area contributed by atoms with Gasteiger partial charge in [-0.05, 0) is 7.05 Å². The molecule has 0 aliphatic rings. The van der Waals surface area contributed by atoms with E-state index >= 15 is 0 Å². The molecule has 0 aliphatic carbocycles. The molecule has 1 N–H and O–H groups in total. The van der Waals surface area contributed by atoms with E-state index in [2.05, 4.69) is 17.3 Å². The van der Waals surface area contributed by atoms with Crippen LogP contribution in [0.1, 0.15) is 18.5 Å². The van der Waals surface area contributed by atoms with Gasteiger partial charge in [0.25, 0.3) is 0 Å². The van der Waals surface area contributed by atoms with Crippen molar-refractivity contribution in [1.29, 1.82) is 0 Å². The first-order valence-electron chi connectivity index (χ1n) is 3.98. The summed E-state index contributed by atoms with van der Waals surface area (Å²) in [5.41, 5.74) is 1.09. The van der Waals surface area contributed by atoms with Gasteiger partial charge in [0.05, 0.1) is 16.9 Å². The highest BCUT2D eigenvalue weighted by Crippen LogP contribution is 2.22. The van der Waals surface area contributed by atoms with Crippen LogP contribution in [0.25, 0.3) is 0 Å². The minimum absolute atomic E-state index is 0.398. The fourth-order valence-electron chi connectivity index (χ4n) is 1.38. The van der Waals surface area contributed by atoms with Gasteiger partial charge in [0.2, 0.25) is 0 Å². The third-order valence-corrected chi connectivity index (χ3v) is 2.21. The summed E-state index contributed by atoms with van der Waals surface area (Å²) in [4.78, 5) is 0. The van der Waals surface area contributed by atoms with Crippen LogP contribution in [0.2, 0.25) is 5.02 Å². The van der Waals surface area contributed by atoms with Crippen molar-refractivity contribution >= 4 is 11.6 Å². The Morgan fingerprint density at radius 3 is 2.83 bits per heavy atom. The topological polar surface area (TPSA) is 29.9 Å². The van der Waals surface area contributed by atoms with Crippen molar-refractivity contribution in [3.8, 4) is 0 Å². The van der Waals surface area contributed by atoms with Gasteiger partial charge in [-0.1, -0.05) is 18.5 Å². The number of likely N-dealkylation sites (N-methyl/N-ethyl adjacent to an activating group) is 1. The van der Waals surface area contributed by atoms with Crippen molar-refractivity contribution in [2.24, 2.45) is 7.05 Å². The molecule has 0 saturated heterocycles. The molecule has 0 saturated carbocycles. The van der Waals surface area contributed by atoms with Crippen molar-refractivity contribution in [3.05, 3.63) is 16.9 Å². The second-order valence-electron chi connectivity index (χ2n) is 2.96. The van der Waals surface area contributed by atoms with Crippen molar-refractivity contribution < 1.29 is 0 Å². The molecule has 1 heterocycles. The summed E-state index contributed by atoms with van der Waals surface area (Å²) in [6.07, 6.45) is 1.68. The third-order valence-electron chi connectivity index (χ3n) is 1.91. The van der Waals surface area contributed by atoms with Gasteiger partial charge in [0.15, 0.2) is 0 Å². The number of hydrogen-bond acceptors (Lipinski definition) is 2. The lowest BCUT2D eigenvalue weighted by Crippen LogP contribution is -2.17. The molecule has 1 unspecified atom stereocenters. The van der Waals surface area contributed by atoms with Crippen molar-refractivity contribution in [2.75, 3.05) is 13.6 Å². The Morgan fingerprint density at radius 1 is 1.75 bits per heavy atom. The Balaban J connectivity index is 2.85. The summed E-state index contributed by atoms with van der Waals surface area (Å²) in [7, 11) is 3.84. The molecule has 68 valence electrons. The Labute approximate surface area is 77.7 Å². The second kappa shape index (κ2) is 3.92. The summed E-state index contributed by atoms with van der Waals surface area (Å²) in [6, 6.07) is 0. The fraction of sp³-hybridized carbons (Fsp3) is 0.625. The molecule has 0 aromatic carbocycles. The SMILES string of the molecule is CNCC(C)c1c(Cl)cnn1C. The summed E-state index contributed by atoms with van der Waals surface area (Å²) < 4.78 is 1.82. The van der Waals surface area contributed by atoms with E-state index in [0.29, 0.717) is 5.92 Å². The average molecular weight is 188 g/mol. The first-order valence-corrected chi connectivity index (χ1v) is 4.36. The van der Waals surface area contributed by atoms with E-state index in [1.165, 1.54) is 0 Å². The molecule has 1 atom stereocenters. The Kier molecular flexibility index (Phi) is 3.12. The van der Waals surface area contributed by atoms with Crippen LogP contribution in [0, 0.1) is 0 Å². The molecule has 0 spiro atoms. The van der Waals surface area contributed by atoms with Gasteiger partial charge in [-0.2, -0.15) is 5.10 Å². The van der Waals surface area contributed by atoms with Crippen LogP contribution in [-0.2, 0) is 7.05 Å². The summed E-state index contributed by atoms with van der Waals surface area (Å²) in [5, 5.41) is 7.94. The maximum absolute atomic E-state index is 5.96. The zero-order valence-electron chi connectivity index (χ0n) is 7.63. The van der Waals surface area contributed by atoms with E-state index in [1.54, 1.807) is 6.20 Å². The van der Waals surface area contributed by atoms with Crippen LogP contribution in [0.15, 0.2) is 6.20 Å². The van der Waals surface area contributed by atoms with Gasteiger partial charge >= 0.3 is 0 Å². The normalized spacial score (nSPS) is 13.3. The third kappa shape index (κ3) is 1.79. The molecule has 0 amide bonds. The standard InChI is InChI=1S/C8H14ClN3/c1-6(4-10-2)8-7(9)5-11-12(8)3/h5-6,10H,4H2,1-3H3. The molecule has 3 nitrogen and oxygen atoms in total. The maximum Gasteiger partial charge on any atom is 0.0820 e. The number of rotatable bonds is 3. The van der Waals surface area contributed by atoms with Crippen LogP contribution < -0.4 is 5.32 Å². The van der Waals surface area contributed by atoms with Crippen LogP contribution in [0.5, 0.6) is 0 Å². The molecule has 0 bridgehead atoms. The van der Waals surface area contributed by atoms with Gasteiger partial charge in [0, 0.05) is 19.5 Å². The smallest absolute Gasteiger partial charge is 0.0820 e. The van der Waals surface area contributed by atoms with Crippen LogP contribution in [-0.4, -0.2) is 23.4 Å². The predicted molar refractivity (Wildman–Crippen MR) is 50.6 cm³/mol. The minimum Gasteiger partial charge on any atom is -0.319 e. The molecule has 1 aromatic rings. The first kappa shape index (κ1) is 9.55. The van der Waals surface area contributed by atoms with E-state index in [0.717, 1.165) is 17.3 Å². The highest BCUT2D eigenvalue weighted by Gasteiger charge is 2.13. The Hall–Kier alpha value is -0.540. The van der Waals surface area contributed by atoms with Gasteiger partial charge in [-0.15, -0.1) is 0 Å². The van der Waals surface area contributed by atoms with E-state index in [4.69, 9.17) is 11.6 Å². The number of nitrogens with zero attached hydrogens (tertiary/aromatic N) is 2. The molecule has 4 heteroatoms.